The third-order valence-corrected chi connectivity index (χ3v) is 4.99. The Bertz CT molecular complexity index is 573. The van der Waals surface area contributed by atoms with Crippen molar-refractivity contribution in [3.63, 3.8) is 0 Å². The number of hydrogen-bond donors (Lipinski definition) is 1. The van der Waals surface area contributed by atoms with E-state index in [2.05, 4.69) is 11.4 Å². The summed E-state index contributed by atoms with van der Waals surface area (Å²) in [5.41, 5.74) is 2.64. The van der Waals surface area contributed by atoms with Crippen LogP contribution in [0.2, 0.25) is 0 Å². The maximum absolute atomic E-state index is 11.3. The summed E-state index contributed by atoms with van der Waals surface area (Å²) in [6.07, 6.45) is 1.31. The van der Waals surface area contributed by atoms with Crippen molar-refractivity contribution in [3.8, 4) is 6.07 Å². The van der Waals surface area contributed by atoms with Gasteiger partial charge in [0.2, 0.25) is 0 Å². The molecule has 18 heavy (non-hydrogen) atoms. The Morgan fingerprint density at radius 2 is 2.00 bits per heavy atom. The highest BCUT2D eigenvalue weighted by molar-refractivity contribution is 7.91. The molecule has 0 radical (unpaired) electrons. The van der Waals surface area contributed by atoms with Crippen LogP contribution in [-0.2, 0) is 9.84 Å². The van der Waals surface area contributed by atoms with Crippen molar-refractivity contribution >= 4 is 15.5 Å². The zero-order valence-corrected chi connectivity index (χ0v) is 11.1. The summed E-state index contributed by atoms with van der Waals surface area (Å²) in [5.74, 6) is 0.528. The van der Waals surface area contributed by atoms with Crippen LogP contribution in [0.5, 0.6) is 0 Å². The number of aryl methyl sites for hydroxylation is 1. The van der Waals surface area contributed by atoms with Crippen molar-refractivity contribution in [3.05, 3.63) is 29.3 Å². The Kier molecular flexibility index (Phi) is 3.58. The van der Waals surface area contributed by atoms with E-state index in [1.807, 2.05) is 19.1 Å². The van der Waals surface area contributed by atoms with Crippen LogP contribution in [0.3, 0.4) is 0 Å². The average molecular weight is 264 g/mol. The highest BCUT2D eigenvalue weighted by atomic mass is 32.2. The van der Waals surface area contributed by atoms with Crippen molar-refractivity contribution in [2.45, 2.75) is 25.8 Å². The maximum Gasteiger partial charge on any atom is 0.150 e. The van der Waals surface area contributed by atoms with Gasteiger partial charge in [-0.05, 0) is 43.5 Å². The summed E-state index contributed by atoms with van der Waals surface area (Å²) in [7, 11) is -2.81. The first kappa shape index (κ1) is 12.9. The molecule has 0 bridgehead atoms. The fraction of sp³-hybridized carbons (Fsp3) is 0.462. The Hall–Kier alpha value is -1.54. The Labute approximate surface area is 108 Å². The number of rotatable bonds is 2. The Balaban J connectivity index is 2.05. The molecule has 1 aliphatic rings. The third kappa shape index (κ3) is 3.02. The smallest absolute Gasteiger partial charge is 0.150 e. The lowest BCUT2D eigenvalue weighted by atomic mass is 10.1. The predicted molar refractivity (Wildman–Crippen MR) is 71.2 cm³/mol. The quantitative estimate of drug-likeness (QED) is 0.885. The van der Waals surface area contributed by atoms with Gasteiger partial charge >= 0.3 is 0 Å². The van der Waals surface area contributed by atoms with Gasteiger partial charge < -0.3 is 5.32 Å². The largest absolute Gasteiger partial charge is 0.382 e. The molecule has 0 unspecified atom stereocenters. The van der Waals surface area contributed by atoms with Crippen molar-refractivity contribution in [1.29, 1.82) is 5.26 Å². The van der Waals surface area contributed by atoms with Crippen LogP contribution < -0.4 is 5.32 Å². The monoisotopic (exact) mass is 264 g/mol. The first-order chi connectivity index (χ1) is 8.50. The van der Waals surface area contributed by atoms with Crippen LogP contribution in [0.1, 0.15) is 24.0 Å². The lowest BCUT2D eigenvalue weighted by molar-refractivity contribution is 0.559. The van der Waals surface area contributed by atoms with Gasteiger partial charge in [-0.15, -0.1) is 0 Å². The minimum atomic E-state index is -2.81. The van der Waals surface area contributed by atoms with Crippen LogP contribution >= 0.6 is 0 Å². The van der Waals surface area contributed by atoms with Crippen LogP contribution in [-0.4, -0.2) is 26.0 Å². The van der Waals surface area contributed by atoms with Crippen LogP contribution in [0.4, 0.5) is 5.69 Å². The number of sulfone groups is 1. The first-order valence-corrected chi connectivity index (χ1v) is 7.80. The van der Waals surface area contributed by atoms with Crippen molar-refractivity contribution in [2.75, 3.05) is 16.8 Å². The van der Waals surface area contributed by atoms with Crippen molar-refractivity contribution in [2.24, 2.45) is 0 Å². The number of nitrogens with one attached hydrogen (secondary N) is 1. The van der Waals surface area contributed by atoms with Crippen LogP contribution in [0.15, 0.2) is 18.2 Å². The number of nitrogens with zero attached hydrogens (tertiary/aromatic N) is 1. The number of nitriles is 1. The molecule has 0 aromatic heterocycles. The SMILES string of the molecule is Cc1cc(C#N)ccc1NC1CCS(=O)(=O)CC1. The number of anilines is 1. The Morgan fingerprint density at radius 3 is 2.56 bits per heavy atom. The van der Waals surface area contributed by atoms with Gasteiger partial charge in [0, 0.05) is 11.7 Å². The normalized spacial score (nSPS) is 19.1. The van der Waals surface area contributed by atoms with E-state index in [1.165, 1.54) is 0 Å². The maximum atomic E-state index is 11.3. The van der Waals surface area contributed by atoms with E-state index in [0.29, 0.717) is 18.4 Å². The molecule has 1 aliphatic heterocycles. The second-order valence-corrected chi connectivity index (χ2v) is 7.02. The molecule has 0 amide bonds. The molecule has 4 nitrogen and oxygen atoms in total. The van der Waals surface area contributed by atoms with Gasteiger partial charge in [0.15, 0.2) is 0 Å². The van der Waals surface area contributed by atoms with Gasteiger partial charge in [0.1, 0.15) is 9.84 Å². The molecule has 2 rings (SSSR count). The summed E-state index contributed by atoms with van der Waals surface area (Å²) >= 11 is 0. The number of hydrogen-bond acceptors (Lipinski definition) is 4. The van der Waals surface area contributed by atoms with E-state index in [-0.39, 0.29) is 17.5 Å². The minimum absolute atomic E-state index is 0.208. The lowest BCUT2D eigenvalue weighted by Crippen LogP contribution is -2.32. The molecule has 1 aromatic rings. The molecule has 0 aliphatic carbocycles. The fourth-order valence-electron chi connectivity index (χ4n) is 2.15. The first-order valence-electron chi connectivity index (χ1n) is 5.98. The van der Waals surface area contributed by atoms with Crippen LogP contribution in [0, 0.1) is 18.3 Å². The molecule has 1 N–H and O–H groups in total. The molecule has 0 atom stereocenters. The molecule has 0 saturated carbocycles. The van der Waals surface area contributed by atoms with Crippen molar-refractivity contribution in [1.82, 2.24) is 0 Å². The van der Waals surface area contributed by atoms with Gasteiger partial charge in [0.05, 0.1) is 23.1 Å². The topological polar surface area (TPSA) is 70.0 Å². The molecule has 1 fully saturated rings. The molecular formula is C13H16N2O2S. The van der Waals surface area contributed by atoms with E-state index in [4.69, 9.17) is 5.26 Å². The third-order valence-electron chi connectivity index (χ3n) is 3.27. The molecule has 5 heteroatoms. The average Bonchev–Trinajstić information content (AvgIpc) is 2.34. The fourth-order valence-corrected chi connectivity index (χ4v) is 3.64. The second kappa shape index (κ2) is 4.99. The Morgan fingerprint density at radius 1 is 1.33 bits per heavy atom. The summed E-state index contributed by atoms with van der Waals surface area (Å²) in [4.78, 5) is 0. The molecule has 1 heterocycles. The molecular weight excluding hydrogens is 248 g/mol. The van der Waals surface area contributed by atoms with Gasteiger partial charge in [-0.2, -0.15) is 5.26 Å². The standard InChI is InChI=1S/C13H16N2O2S/c1-10-8-11(9-14)2-3-13(10)15-12-4-6-18(16,17)7-5-12/h2-3,8,12,15H,4-7H2,1H3. The predicted octanol–water partition coefficient (Wildman–Crippen LogP) is 1.86. The lowest BCUT2D eigenvalue weighted by Gasteiger charge is -2.24. The zero-order chi connectivity index (χ0) is 13.2. The highest BCUT2D eigenvalue weighted by Crippen LogP contribution is 2.21. The van der Waals surface area contributed by atoms with E-state index in [1.54, 1.807) is 6.07 Å². The minimum Gasteiger partial charge on any atom is -0.382 e. The van der Waals surface area contributed by atoms with Gasteiger partial charge in [-0.3, -0.25) is 0 Å². The zero-order valence-electron chi connectivity index (χ0n) is 10.3. The number of benzene rings is 1. The molecule has 1 aromatic carbocycles. The highest BCUT2D eigenvalue weighted by Gasteiger charge is 2.23. The molecule has 1 saturated heterocycles. The molecule has 96 valence electrons. The van der Waals surface area contributed by atoms with E-state index >= 15 is 0 Å². The summed E-state index contributed by atoms with van der Waals surface area (Å²) in [6, 6.07) is 7.80. The summed E-state index contributed by atoms with van der Waals surface area (Å²) in [5, 5.41) is 12.2. The van der Waals surface area contributed by atoms with Gasteiger partial charge in [-0.25, -0.2) is 8.42 Å². The summed E-state index contributed by atoms with van der Waals surface area (Å²) < 4.78 is 22.7. The summed E-state index contributed by atoms with van der Waals surface area (Å²) in [6.45, 7) is 1.95. The van der Waals surface area contributed by atoms with E-state index < -0.39 is 9.84 Å². The van der Waals surface area contributed by atoms with E-state index in [9.17, 15) is 8.42 Å². The van der Waals surface area contributed by atoms with Gasteiger partial charge in [-0.1, -0.05) is 0 Å². The second-order valence-electron chi connectivity index (χ2n) is 4.71. The van der Waals surface area contributed by atoms with Crippen molar-refractivity contribution < 1.29 is 8.42 Å². The van der Waals surface area contributed by atoms with Gasteiger partial charge in [0.25, 0.3) is 0 Å². The van der Waals surface area contributed by atoms with E-state index in [0.717, 1.165) is 11.3 Å². The molecule has 0 spiro atoms. The van der Waals surface area contributed by atoms with Crippen LogP contribution in [0.25, 0.3) is 0 Å².